The Morgan fingerprint density at radius 2 is 2.25 bits per heavy atom. The van der Waals surface area contributed by atoms with Crippen LogP contribution >= 0.6 is 12.4 Å². The molecule has 0 amide bonds. The summed E-state index contributed by atoms with van der Waals surface area (Å²) in [7, 11) is 0. The second kappa shape index (κ2) is 10.7. The van der Waals surface area contributed by atoms with E-state index in [0.717, 1.165) is 6.26 Å². The Labute approximate surface area is 87.7 Å². The predicted octanol–water partition coefficient (Wildman–Crippen LogP) is 0.959. The summed E-state index contributed by atoms with van der Waals surface area (Å²) < 4.78 is 4.17. The first kappa shape index (κ1) is 15.9. The van der Waals surface area contributed by atoms with Crippen LogP contribution in [0, 0.1) is 0 Å². The fraction of sp³-hybridized carbons (Fsp3) is 0.250. The number of esters is 1. The van der Waals surface area contributed by atoms with Gasteiger partial charge in [0.1, 0.15) is 0 Å². The Balaban J connectivity index is -0.0000000208. The molecule has 0 bridgehead atoms. The third kappa shape index (κ3) is 15.9. The molecule has 0 radical (unpaired) electrons. The molecule has 4 heteroatoms. The van der Waals surface area contributed by atoms with Crippen LogP contribution < -0.4 is 0 Å². The summed E-state index contributed by atoms with van der Waals surface area (Å²) >= 11 is 0. The van der Waals surface area contributed by atoms with Gasteiger partial charge in [-0.05, 0) is 0 Å². The summed E-state index contributed by atoms with van der Waals surface area (Å²) in [6.07, 6.45) is 1.10. The van der Waals surface area contributed by atoms with Crippen molar-refractivity contribution < 1.29 is 12.4 Å². The van der Waals surface area contributed by atoms with Crippen molar-refractivity contribution in [2.75, 3.05) is 0 Å². The maximum atomic E-state index is 9.75. The molecule has 0 unspecified atom stereocenters. The third-order valence-corrected chi connectivity index (χ3v) is 0.249. The zero-order valence-corrected chi connectivity index (χ0v) is 7.74. The minimum absolute atomic E-state index is 0. The molecule has 0 spiro atoms. The van der Waals surface area contributed by atoms with E-state index in [-0.39, 0.29) is 59.0 Å². The van der Waals surface area contributed by atoms with Crippen LogP contribution in [0.1, 0.15) is 9.78 Å². The second-order valence-corrected chi connectivity index (χ2v) is 0.776. The van der Waals surface area contributed by atoms with E-state index < -0.39 is 0 Å². The number of carbonyl (C=O) groups is 1. The first-order valence-corrected chi connectivity index (χ1v) is 1.55. The maximum absolute atomic E-state index is 9.75. The molecule has 0 aromatic carbocycles. The molecule has 0 aliphatic heterocycles. The second-order valence-electron chi connectivity index (χ2n) is 0.776. The number of rotatable bonds is 1. The summed E-state index contributed by atoms with van der Waals surface area (Å²) in [6, 6.07) is 0. The maximum Gasteiger partial charge on any atom is 2.00 e. The van der Waals surface area contributed by atoms with Gasteiger partial charge in [-0.2, -0.15) is 0 Å². The summed E-state index contributed by atoms with van der Waals surface area (Å²) in [6.45, 7) is 4.48. The molecule has 8 heavy (non-hydrogen) atoms. The van der Waals surface area contributed by atoms with Gasteiger partial charge in [0.25, 0.3) is 0 Å². The monoisotopic (exact) mass is 164 g/mol. The minimum atomic E-state index is -0.329. The van der Waals surface area contributed by atoms with Gasteiger partial charge >= 0.3 is 43.7 Å². The van der Waals surface area contributed by atoms with Crippen molar-refractivity contribution in [1.82, 2.24) is 0 Å². The van der Waals surface area contributed by atoms with Crippen LogP contribution in [0.2, 0.25) is 0 Å². The molecule has 0 heterocycles. The van der Waals surface area contributed by atoms with E-state index in [1.165, 1.54) is 6.92 Å². The van der Waals surface area contributed by atoms with Crippen molar-refractivity contribution in [3.63, 3.8) is 0 Å². The molecule has 0 saturated heterocycles. The Hall–Kier alpha value is 0.760. The molecule has 0 aliphatic carbocycles. The predicted molar refractivity (Wildman–Crippen MR) is 37.2 cm³/mol. The topological polar surface area (TPSA) is 26.3 Å². The minimum Gasteiger partial charge on any atom is -1.00 e. The Kier molecular flexibility index (Phi) is 21.2. The molecular weight excluding hydrogens is 156 g/mol. The van der Waals surface area contributed by atoms with Gasteiger partial charge in [-0.15, -0.1) is 12.4 Å². The average molecular weight is 165 g/mol. The van der Waals surface area contributed by atoms with Crippen LogP contribution in [0.25, 0.3) is 0 Å². The van der Waals surface area contributed by atoms with Crippen LogP contribution in [0.4, 0.5) is 0 Å². The number of ether oxygens (including phenoxy) is 1. The Morgan fingerprint density at radius 3 is 2.25 bits per heavy atom. The van der Waals surface area contributed by atoms with E-state index in [2.05, 4.69) is 11.3 Å². The summed E-state index contributed by atoms with van der Waals surface area (Å²) in [5.74, 6) is -0.329. The van der Waals surface area contributed by atoms with E-state index in [9.17, 15) is 4.79 Å². The van der Waals surface area contributed by atoms with Crippen LogP contribution in [0.5, 0.6) is 0 Å². The largest absolute Gasteiger partial charge is 2.00 e. The van der Waals surface area contributed by atoms with Crippen molar-refractivity contribution in [2.24, 2.45) is 0 Å². The molecule has 0 fully saturated rings. The zero-order valence-electron chi connectivity index (χ0n) is 6.72. The van der Waals surface area contributed by atoms with Crippen molar-refractivity contribution in [3.05, 3.63) is 12.8 Å². The first-order chi connectivity index (χ1) is 2.77. The summed E-state index contributed by atoms with van der Waals surface area (Å²) in [4.78, 5) is 9.75. The molecule has 0 aromatic rings. The molecule has 0 saturated carbocycles. The quantitative estimate of drug-likeness (QED) is 0.328. The molecule has 46 valence electrons. The van der Waals surface area contributed by atoms with E-state index in [1.54, 1.807) is 0 Å². The third-order valence-electron chi connectivity index (χ3n) is 0.249. The van der Waals surface area contributed by atoms with Gasteiger partial charge in [0.2, 0.25) is 0 Å². The van der Waals surface area contributed by atoms with E-state index in [0.29, 0.717) is 0 Å². The van der Waals surface area contributed by atoms with E-state index in [1.807, 2.05) is 0 Å². The van der Waals surface area contributed by atoms with Crippen LogP contribution in [-0.2, 0) is 9.53 Å². The SMILES string of the molecule is C=COC(C)=O.Cl.[Ca+2].[H-].[H-]. The number of hydrogen-bond donors (Lipinski definition) is 0. The van der Waals surface area contributed by atoms with Crippen LogP contribution in [0.3, 0.4) is 0 Å². The van der Waals surface area contributed by atoms with Crippen LogP contribution in [-0.4, -0.2) is 43.7 Å². The fourth-order valence-corrected chi connectivity index (χ4v) is 0.117. The Morgan fingerprint density at radius 1 is 1.88 bits per heavy atom. The normalized spacial score (nSPS) is 5.12. The van der Waals surface area contributed by atoms with Crippen molar-refractivity contribution in [2.45, 2.75) is 6.92 Å². The number of hydrogen-bond acceptors (Lipinski definition) is 2. The first-order valence-electron chi connectivity index (χ1n) is 1.55. The molecule has 2 nitrogen and oxygen atoms in total. The zero-order chi connectivity index (χ0) is 4.99. The standard InChI is InChI=1S/C4H6O2.Ca.ClH.2H/c1-3-6-4(2)5;;;;/h3H,1H2,2H3;;1H;;/q;+2;;2*-1. The molecule has 0 N–H and O–H groups in total. The number of carbonyl (C=O) groups excluding carboxylic acids is 1. The molecule has 0 aromatic heterocycles. The number of halogens is 1. The molecular formula is C4H9CaClO2. The van der Waals surface area contributed by atoms with Gasteiger partial charge in [-0.25, -0.2) is 0 Å². The molecule has 0 aliphatic rings. The van der Waals surface area contributed by atoms with Crippen LogP contribution in [0.15, 0.2) is 12.8 Å². The fourth-order valence-electron chi connectivity index (χ4n) is 0.117. The van der Waals surface area contributed by atoms with Gasteiger partial charge in [-0.1, -0.05) is 6.58 Å². The average Bonchev–Trinajstić information content (AvgIpc) is 1.35. The van der Waals surface area contributed by atoms with Gasteiger partial charge in [0.05, 0.1) is 6.26 Å². The van der Waals surface area contributed by atoms with Gasteiger partial charge in [-0.3, -0.25) is 4.79 Å². The van der Waals surface area contributed by atoms with E-state index in [4.69, 9.17) is 0 Å². The van der Waals surface area contributed by atoms with Crippen molar-refractivity contribution >= 4 is 56.1 Å². The van der Waals surface area contributed by atoms with Crippen molar-refractivity contribution in [3.8, 4) is 0 Å². The summed E-state index contributed by atoms with van der Waals surface area (Å²) in [5.41, 5.74) is 0. The van der Waals surface area contributed by atoms with Gasteiger partial charge in [0, 0.05) is 6.92 Å². The smallest absolute Gasteiger partial charge is 1.00 e. The van der Waals surface area contributed by atoms with Gasteiger partial charge < -0.3 is 7.59 Å². The van der Waals surface area contributed by atoms with Gasteiger partial charge in [0.15, 0.2) is 0 Å². The van der Waals surface area contributed by atoms with E-state index >= 15 is 0 Å². The van der Waals surface area contributed by atoms with Crippen molar-refractivity contribution in [1.29, 1.82) is 0 Å². The Bertz CT molecular complexity index is 81.7. The summed E-state index contributed by atoms with van der Waals surface area (Å²) in [5, 5.41) is 0. The molecule has 0 atom stereocenters. The molecule has 0 rings (SSSR count).